The smallest absolute Gasteiger partial charge is 0.328 e. The summed E-state index contributed by atoms with van der Waals surface area (Å²) < 4.78 is 3.13. The summed E-state index contributed by atoms with van der Waals surface area (Å²) in [6.07, 6.45) is 3.41. The molecule has 7 heteroatoms. The second-order valence-corrected chi connectivity index (χ2v) is 4.62. The molecule has 0 fully saturated rings. The summed E-state index contributed by atoms with van der Waals surface area (Å²) in [5.74, 6) is 0. The van der Waals surface area contributed by atoms with Gasteiger partial charge in [-0.15, -0.1) is 0 Å². The van der Waals surface area contributed by atoms with Crippen LogP contribution in [0.3, 0.4) is 0 Å². The van der Waals surface area contributed by atoms with Crippen molar-refractivity contribution >= 4 is 11.4 Å². The summed E-state index contributed by atoms with van der Waals surface area (Å²) in [4.78, 5) is 22.5. The third-order valence-corrected chi connectivity index (χ3v) is 3.27. The molecule has 1 aromatic heterocycles. The molecule has 0 aliphatic heterocycles. The average Bonchev–Trinajstić information content (AvgIpc) is 2.81. The van der Waals surface area contributed by atoms with Crippen LogP contribution in [0.2, 0.25) is 0 Å². The van der Waals surface area contributed by atoms with Gasteiger partial charge >= 0.3 is 5.69 Å². The fraction of sp³-hybridized carbons (Fsp3) is 0.357. The molecular weight excluding hydrogens is 272 g/mol. The number of aryl methyl sites for hydroxylation is 1. The lowest BCUT2D eigenvalue weighted by molar-refractivity contribution is -0.384. The van der Waals surface area contributed by atoms with Crippen molar-refractivity contribution in [2.75, 3.05) is 11.9 Å². The number of aromatic nitrogens is 2. The fourth-order valence-electron chi connectivity index (χ4n) is 2.19. The van der Waals surface area contributed by atoms with Gasteiger partial charge in [0.2, 0.25) is 0 Å². The van der Waals surface area contributed by atoms with Gasteiger partial charge in [0, 0.05) is 48.9 Å². The van der Waals surface area contributed by atoms with Crippen molar-refractivity contribution in [3.63, 3.8) is 0 Å². The predicted molar refractivity (Wildman–Crippen MR) is 80.7 cm³/mol. The predicted octanol–water partition coefficient (Wildman–Crippen LogP) is 2.06. The summed E-state index contributed by atoms with van der Waals surface area (Å²) >= 11 is 0. The number of nitro groups is 1. The molecule has 0 atom stereocenters. The molecule has 0 radical (unpaired) electrons. The molecule has 0 amide bonds. The van der Waals surface area contributed by atoms with Crippen molar-refractivity contribution in [2.24, 2.45) is 0 Å². The van der Waals surface area contributed by atoms with Crippen LogP contribution in [0.4, 0.5) is 11.4 Å². The molecule has 1 heterocycles. The van der Waals surface area contributed by atoms with E-state index in [4.69, 9.17) is 0 Å². The zero-order valence-corrected chi connectivity index (χ0v) is 12.1. The van der Waals surface area contributed by atoms with Gasteiger partial charge in [0.05, 0.1) is 11.5 Å². The average molecular weight is 290 g/mol. The van der Waals surface area contributed by atoms with E-state index in [9.17, 15) is 14.9 Å². The maximum Gasteiger partial charge on any atom is 0.328 e. The fourth-order valence-corrected chi connectivity index (χ4v) is 2.19. The Morgan fingerprint density at radius 2 is 1.95 bits per heavy atom. The van der Waals surface area contributed by atoms with Crippen LogP contribution in [0.1, 0.15) is 19.4 Å². The second kappa shape index (κ2) is 6.25. The maximum absolute atomic E-state index is 12.1. The van der Waals surface area contributed by atoms with E-state index in [2.05, 4.69) is 5.32 Å². The highest BCUT2D eigenvalue weighted by atomic mass is 16.6. The Hall–Kier alpha value is -2.57. The van der Waals surface area contributed by atoms with Crippen LogP contribution in [-0.2, 0) is 13.1 Å². The Bertz CT molecular complexity index is 702. The summed E-state index contributed by atoms with van der Waals surface area (Å²) in [5, 5.41) is 14.1. The number of non-ortho nitro benzene ring substituents is 1. The maximum atomic E-state index is 12.1. The molecule has 2 rings (SSSR count). The number of imidazole rings is 1. The van der Waals surface area contributed by atoms with Crippen molar-refractivity contribution in [1.29, 1.82) is 0 Å². The molecule has 1 N–H and O–H groups in total. The standard InChI is InChI=1S/C14H18N4O3/c1-3-15-13-6-5-12(18(20)21)9-11(13)10-17-8-7-16(4-2)14(17)19/h5-9,15H,3-4,10H2,1-2H3. The van der Waals surface area contributed by atoms with Crippen LogP contribution in [0.15, 0.2) is 35.4 Å². The number of hydrogen-bond acceptors (Lipinski definition) is 4. The Kier molecular flexibility index (Phi) is 4.42. The van der Waals surface area contributed by atoms with Gasteiger partial charge in [-0.25, -0.2) is 4.79 Å². The van der Waals surface area contributed by atoms with Gasteiger partial charge in [0.1, 0.15) is 0 Å². The number of nitrogens with zero attached hydrogens (tertiary/aromatic N) is 3. The van der Waals surface area contributed by atoms with Crippen molar-refractivity contribution in [2.45, 2.75) is 26.9 Å². The van der Waals surface area contributed by atoms with Crippen LogP contribution in [-0.4, -0.2) is 20.6 Å². The van der Waals surface area contributed by atoms with Crippen molar-refractivity contribution in [3.8, 4) is 0 Å². The quantitative estimate of drug-likeness (QED) is 0.652. The first kappa shape index (κ1) is 14.8. The Morgan fingerprint density at radius 3 is 2.52 bits per heavy atom. The van der Waals surface area contributed by atoms with Gasteiger partial charge in [0.25, 0.3) is 5.69 Å². The molecule has 21 heavy (non-hydrogen) atoms. The van der Waals surface area contributed by atoms with E-state index in [1.54, 1.807) is 27.6 Å². The highest BCUT2D eigenvalue weighted by Crippen LogP contribution is 2.22. The van der Waals surface area contributed by atoms with E-state index in [1.165, 1.54) is 12.1 Å². The largest absolute Gasteiger partial charge is 0.385 e. The Balaban J connectivity index is 2.40. The molecule has 0 saturated heterocycles. The monoisotopic (exact) mass is 290 g/mol. The van der Waals surface area contributed by atoms with Gasteiger partial charge in [-0.05, 0) is 19.9 Å². The highest BCUT2D eigenvalue weighted by Gasteiger charge is 2.12. The molecule has 0 aliphatic rings. The van der Waals surface area contributed by atoms with E-state index in [1.807, 2.05) is 13.8 Å². The lowest BCUT2D eigenvalue weighted by Gasteiger charge is -2.11. The van der Waals surface area contributed by atoms with Gasteiger partial charge in [0.15, 0.2) is 0 Å². The van der Waals surface area contributed by atoms with Crippen molar-refractivity contribution < 1.29 is 4.92 Å². The summed E-state index contributed by atoms with van der Waals surface area (Å²) in [5.41, 5.74) is 1.43. The first-order valence-corrected chi connectivity index (χ1v) is 6.83. The molecule has 7 nitrogen and oxygen atoms in total. The molecule has 0 aliphatic carbocycles. The minimum Gasteiger partial charge on any atom is -0.385 e. The van der Waals surface area contributed by atoms with E-state index in [0.717, 1.165) is 11.3 Å². The second-order valence-electron chi connectivity index (χ2n) is 4.62. The lowest BCUT2D eigenvalue weighted by Crippen LogP contribution is -2.24. The molecule has 0 saturated carbocycles. The van der Waals surface area contributed by atoms with E-state index >= 15 is 0 Å². The summed E-state index contributed by atoms with van der Waals surface area (Å²) in [7, 11) is 0. The molecular formula is C14H18N4O3. The van der Waals surface area contributed by atoms with Crippen LogP contribution in [0.5, 0.6) is 0 Å². The summed E-state index contributed by atoms with van der Waals surface area (Å²) in [6, 6.07) is 4.65. The van der Waals surface area contributed by atoms with E-state index in [-0.39, 0.29) is 11.4 Å². The van der Waals surface area contributed by atoms with Gasteiger partial charge < -0.3 is 5.32 Å². The molecule has 1 aromatic carbocycles. The van der Waals surface area contributed by atoms with Crippen LogP contribution in [0, 0.1) is 10.1 Å². The number of hydrogen-bond donors (Lipinski definition) is 1. The Labute approximate surface area is 122 Å². The van der Waals surface area contributed by atoms with Crippen molar-refractivity contribution in [3.05, 3.63) is 56.8 Å². The SMILES string of the molecule is CCNc1ccc([N+](=O)[O-])cc1Cn1ccn(CC)c1=O. The summed E-state index contributed by atoms with van der Waals surface area (Å²) in [6.45, 7) is 5.44. The van der Waals surface area contributed by atoms with E-state index < -0.39 is 4.92 Å². The van der Waals surface area contributed by atoms with Crippen LogP contribution in [0.25, 0.3) is 0 Å². The third kappa shape index (κ3) is 3.13. The molecule has 0 spiro atoms. The van der Waals surface area contributed by atoms with Gasteiger partial charge in [-0.3, -0.25) is 19.2 Å². The highest BCUT2D eigenvalue weighted by molar-refractivity contribution is 5.56. The van der Waals surface area contributed by atoms with Gasteiger partial charge in [-0.2, -0.15) is 0 Å². The topological polar surface area (TPSA) is 82.1 Å². The lowest BCUT2D eigenvalue weighted by atomic mass is 10.1. The minimum absolute atomic E-state index is 0.0228. The van der Waals surface area contributed by atoms with E-state index in [0.29, 0.717) is 19.6 Å². The number of nitro benzene ring substituents is 1. The molecule has 2 aromatic rings. The van der Waals surface area contributed by atoms with Crippen molar-refractivity contribution in [1.82, 2.24) is 9.13 Å². The Morgan fingerprint density at radius 1 is 1.24 bits per heavy atom. The first-order chi connectivity index (χ1) is 10.1. The van der Waals surface area contributed by atoms with Gasteiger partial charge in [-0.1, -0.05) is 0 Å². The number of nitrogens with one attached hydrogen (secondary N) is 1. The third-order valence-electron chi connectivity index (χ3n) is 3.27. The van der Waals surface area contributed by atoms with Crippen LogP contribution < -0.4 is 11.0 Å². The number of anilines is 1. The zero-order chi connectivity index (χ0) is 15.4. The first-order valence-electron chi connectivity index (χ1n) is 6.83. The minimum atomic E-state index is -0.431. The molecule has 0 bridgehead atoms. The number of benzene rings is 1. The normalized spacial score (nSPS) is 10.6. The zero-order valence-electron chi connectivity index (χ0n) is 12.1. The van der Waals surface area contributed by atoms with Crippen LogP contribution >= 0.6 is 0 Å². The number of rotatable bonds is 6. The molecule has 112 valence electrons. The molecule has 0 unspecified atom stereocenters.